The zero-order valence-corrected chi connectivity index (χ0v) is 8.05. The second kappa shape index (κ2) is 5.11. The monoisotopic (exact) mass is 209 g/mol. The van der Waals surface area contributed by atoms with E-state index in [-0.39, 0.29) is 18.9 Å². The SMILES string of the molecule is C=CCOc1cc([N+](=O)[O-])ccc1CO. The Morgan fingerprint density at radius 3 is 2.87 bits per heavy atom. The second-order valence-corrected chi connectivity index (χ2v) is 2.81. The number of nitro groups is 1. The molecule has 5 heteroatoms. The fraction of sp³-hybridized carbons (Fsp3) is 0.200. The van der Waals surface area contributed by atoms with E-state index in [4.69, 9.17) is 9.84 Å². The minimum absolute atomic E-state index is 0.0636. The summed E-state index contributed by atoms with van der Waals surface area (Å²) in [5.74, 6) is 0.312. The van der Waals surface area contributed by atoms with Crippen molar-refractivity contribution in [2.24, 2.45) is 0 Å². The van der Waals surface area contributed by atoms with Crippen molar-refractivity contribution in [2.45, 2.75) is 6.61 Å². The topological polar surface area (TPSA) is 72.6 Å². The van der Waals surface area contributed by atoms with Crippen LogP contribution in [0, 0.1) is 10.1 Å². The van der Waals surface area contributed by atoms with Gasteiger partial charge in [-0.3, -0.25) is 10.1 Å². The van der Waals surface area contributed by atoms with Gasteiger partial charge in [-0.2, -0.15) is 0 Å². The van der Waals surface area contributed by atoms with Crippen molar-refractivity contribution in [2.75, 3.05) is 6.61 Å². The van der Waals surface area contributed by atoms with Gasteiger partial charge in [-0.05, 0) is 6.07 Å². The maximum absolute atomic E-state index is 10.5. The highest BCUT2D eigenvalue weighted by Gasteiger charge is 2.10. The predicted octanol–water partition coefficient (Wildman–Crippen LogP) is 1.65. The molecule has 0 fully saturated rings. The lowest BCUT2D eigenvalue weighted by Gasteiger charge is -2.07. The highest BCUT2D eigenvalue weighted by molar-refractivity contribution is 5.44. The van der Waals surface area contributed by atoms with Gasteiger partial charge in [0.05, 0.1) is 17.6 Å². The van der Waals surface area contributed by atoms with E-state index in [2.05, 4.69) is 6.58 Å². The lowest BCUT2D eigenvalue weighted by Crippen LogP contribution is -1.99. The normalized spacial score (nSPS) is 9.67. The van der Waals surface area contributed by atoms with E-state index in [0.29, 0.717) is 11.3 Å². The summed E-state index contributed by atoms with van der Waals surface area (Å²) < 4.78 is 5.19. The lowest BCUT2D eigenvalue weighted by molar-refractivity contribution is -0.385. The summed E-state index contributed by atoms with van der Waals surface area (Å²) in [4.78, 5) is 9.98. The predicted molar refractivity (Wildman–Crippen MR) is 54.7 cm³/mol. The number of nitro benzene ring substituents is 1. The molecule has 0 aliphatic carbocycles. The summed E-state index contributed by atoms with van der Waals surface area (Å²) in [6, 6.07) is 4.08. The van der Waals surface area contributed by atoms with Crippen LogP contribution in [0.15, 0.2) is 30.9 Å². The molecule has 1 N–H and O–H groups in total. The molecule has 0 aliphatic rings. The lowest BCUT2D eigenvalue weighted by atomic mass is 10.2. The van der Waals surface area contributed by atoms with Crippen LogP contribution in [-0.2, 0) is 6.61 Å². The van der Waals surface area contributed by atoms with Crippen molar-refractivity contribution in [3.8, 4) is 5.75 Å². The van der Waals surface area contributed by atoms with Gasteiger partial charge < -0.3 is 9.84 Å². The van der Waals surface area contributed by atoms with E-state index < -0.39 is 4.92 Å². The van der Waals surface area contributed by atoms with Crippen LogP contribution in [0.3, 0.4) is 0 Å². The standard InChI is InChI=1S/C10H11NO4/c1-2-5-15-10-6-9(11(13)14)4-3-8(10)7-12/h2-4,6,12H,1,5,7H2. The highest BCUT2D eigenvalue weighted by atomic mass is 16.6. The molecule has 0 saturated carbocycles. The summed E-state index contributed by atoms with van der Waals surface area (Å²) >= 11 is 0. The summed E-state index contributed by atoms with van der Waals surface area (Å²) in [7, 11) is 0. The fourth-order valence-corrected chi connectivity index (χ4v) is 1.07. The molecule has 0 saturated heterocycles. The Kier molecular flexibility index (Phi) is 3.82. The molecule has 1 rings (SSSR count). The third-order valence-corrected chi connectivity index (χ3v) is 1.79. The average Bonchev–Trinajstić information content (AvgIpc) is 2.25. The number of rotatable bonds is 5. The van der Waals surface area contributed by atoms with Gasteiger partial charge in [0.1, 0.15) is 12.4 Å². The van der Waals surface area contributed by atoms with Gasteiger partial charge in [-0.1, -0.05) is 12.7 Å². The van der Waals surface area contributed by atoms with Crippen molar-refractivity contribution < 1.29 is 14.8 Å². The van der Waals surface area contributed by atoms with Crippen molar-refractivity contribution in [3.05, 3.63) is 46.5 Å². The number of aliphatic hydroxyl groups is 1. The molecule has 15 heavy (non-hydrogen) atoms. The molecule has 0 unspecified atom stereocenters. The van der Waals surface area contributed by atoms with Gasteiger partial charge >= 0.3 is 0 Å². The Balaban J connectivity index is 3.01. The van der Waals surface area contributed by atoms with E-state index in [1.165, 1.54) is 24.3 Å². The molecule has 0 bridgehead atoms. The molecule has 80 valence electrons. The second-order valence-electron chi connectivity index (χ2n) is 2.81. The Hall–Kier alpha value is -1.88. The molecule has 0 aromatic heterocycles. The Morgan fingerprint density at radius 2 is 2.33 bits per heavy atom. The van der Waals surface area contributed by atoms with Gasteiger partial charge in [0.2, 0.25) is 0 Å². The molecular formula is C10H11NO4. The number of aliphatic hydroxyl groups excluding tert-OH is 1. The molecule has 1 aromatic rings. The Bertz CT molecular complexity index is 376. The van der Waals surface area contributed by atoms with Crippen molar-refractivity contribution >= 4 is 5.69 Å². The average molecular weight is 209 g/mol. The summed E-state index contributed by atoms with van der Waals surface area (Å²) in [5.41, 5.74) is 0.453. The molecule has 0 atom stereocenters. The third-order valence-electron chi connectivity index (χ3n) is 1.79. The van der Waals surface area contributed by atoms with E-state index in [1.54, 1.807) is 0 Å². The van der Waals surface area contributed by atoms with Crippen LogP contribution in [0.5, 0.6) is 5.75 Å². The zero-order chi connectivity index (χ0) is 11.3. The molecule has 0 radical (unpaired) electrons. The Labute approximate surface area is 86.8 Å². The third kappa shape index (κ3) is 2.78. The molecule has 0 aliphatic heterocycles. The van der Waals surface area contributed by atoms with Crippen LogP contribution in [0.2, 0.25) is 0 Å². The summed E-state index contributed by atoms with van der Waals surface area (Å²) in [5, 5.41) is 19.5. The van der Waals surface area contributed by atoms with Crippen molar-refractivity contribution in [1.29, 1.82) is 0 Å². The van der Waals surface area contributed by atoms with Crippen LogP contribution >= 0.6 is 0 Å². The minimum Gasteiger partial charge on any atom is -0.489 e. The zero-order valence-electron chi connectivity index (χ0n) is 8.05. The van der Waals surface area contributed by atoms with Crippen LogP contribution in [-0.4, -0.2) is 16.6 Å². The molecule has 0 spiro atoms. The summed E-state index contributed by atoms with van der Waals surface area (Å²) in [6.45, 7) is 3.49. The molecule has 5 nitrogen and oxygen atoms in total. The first kappa shape index (κ1) is 11.2. The minimum atomic E-state index is -0.512. The van der Waals surface area contributed by atoms with Crippen LogP contribution < -0.4 is 4.74 Å². The number of ether oxygens (including phenoxy) is 1. The van der Waals surface area contributed by atoms with Crippen LogP contribution in [0.1, 0.15) is 5.56 Å². The van der Waals surface area contributed by atoms with Gasteiger partial charge in [0.15, 0.2) is 0 Å². The number of non-ortho nitro benzene ring substituents is 1. The molecule has 0 amide bonds. The van der Waals surface area contributed by atoms with Gasteiger partial charge in [0, 0.05) is 11.6 Å². The van der Waals surface area contributed by atoms with Crippen molar-refractivity contribution in [3.63, 3.8) is 0 Å². The fourth-order valence-electron chi connectivity index (χ4n) is 1.07. The van der Waals surface area contributed by atoms with E-state index >= 15 is 0 Å². The number of nitrogens with zero attached hydrogens (tertiary/aromatic N) is 1. The number of hydrogen-bond acceptors (Lipinski definition) is 4. The van der Waals surface area contributed by atoms with Gasteiger partial charge in [-0.15, -0.1) is 0 Å². The number of benzene rings is 1. The van der Waals surface area contributed by atoms with Crippen LogP contribution in [0.4, 0.5) is 5.69 Å². The van der Waals surface area contributed by atoms with Gasteiger partial charge in [0.25, 0.3) is 5.69 Å². The van der Waals surface area contributed by atoms with E-state index in [0.717, 1.165) is 0 Å². The maximum atomic E-state index is 10.5. The number of hydrogen-bond donors (Lipinski definition) is 1. The molecule has 0 heterocycles. The highest BCUT2D eigenvalue weighted by Crippen LogP contribution is 2.24. The van der Waals surface area contributed by atoms with Gasteiger partial charge in [-0.25, -0.2) is 0 Å². The smallest absolute Gasteiger partial charge is 0.273 e. The molecular weight excluding hydrogens is 198 g/mol. The van der Waals surface area contributed by atoms with Crippen molar-refractivity contribution in [1.82, 2.24) is 0 Å². The Morgan fingerprint density at radius 1 is 1.60 bits per heavy atom. The van der Waals surface area contributed by atoms with E-state index in [1.807, 2.05) is 0 Å². The first-order valence-corrected chi connectivity index (χ1v) is 4.31. The van der Waals surface area contributed by atoms with E-state index in [9.17, 15) is 10.1 Å². The van der Waals surface area contributed by atoms with Crippen LogP contribution in [0.25, 0.3) is 0 Å². The molecule has 1 aromatic carbocycles. The largest absolute Gasteiger partial charge is 0.489 e. The quantitative estimate of drug-likeness (QED) is 0.454. The first-order chi connectivity index (χ1) is 7.19. The first-order valence-electron chi connectivity index (χ1n) is 4.31. The summed E-state index contributed by atoms with van der Waals surface area (Å²) in [6.07, 6.45) is 1.53. The maximum Gasteiger partial charge on any atom is 0.273 e.